The van der Waals surface area contributed by atoms with Gasteiger partial charge in [0.15, 0.2) is 0 Å². The number of likely N-dealkylation sites (tertiary alicyclic amines) is 1. The number of hydrogen-bond acceptors (Lipinski definition) is 2. The third kappa shape index (κ3) is 1.99. The molecule has 3 nitrogen and oxygen atoms in total. The summed E-state index contributed by atoms with van der Waals surface area (Å²) >= 11 is 0. The largest absolute Gasteiger partial charge is 0.329 e. The Bertz CT molecular complexity index is 394. The molecular weight excluding hydrogens is 188 g/mol. The molecule has 0 spiro atoms. The van der Waals surface area contributed by atoms with Crippen molar-refractivity contribution in [1.82, 2.24) is 4.90 Å². The van der Waals surface area contributed by atoms with Gasteiger partial charge in [0, 0.05) is 18.9 Å². The molecule has 0 aromatic heterocycles. The third-order valence-corrected chi connectivity index (χ3v) is 2.75. The molecular formula is C12H12N2O. The summed E-state index contributed by atoms with van der Waals surface area (Å²) in [5.41, 5.74) is 1.19. The Morgan fingerprint density at radius 1 is 1.40 bits per heavy atom. The van der Waals surface area contributed by atoms with Gasteiger partial charge in [-0.3, -0.25) is 4.79 Å². The normalized spacial score (nSPS) is 20.3. The molecule has 1 aromatic carbocycles. The topological polar surface area (TPSA) is 44.1 Å². The van der Waals surface area contributed by atoms with Gasteiger partial charge in [-0.15, -0.1) is 0 Å². The van der Waals surface area contributed by atoms with E-state index in [0.717, 1.165) is 0 Å². The van der Waals surface area contributed by atoms with Gasteiger partial charge in [0.05, 0.1) is 6.07 Å². The van der Waals surface area contributed by atoms with Crippen LogP contribution in [0.25, 0.3) is 0 Å². The average molecular weight is 200 g/mol. The van der Waals surface area contributed by atoms with Crippen molar-refractivity contribution < 1.29 is 4.79 Å². The van der Waals surface area contributed by atoms with Gasteiger partial charge in [-0.2, -0.15) is 5.26 Å². The molecule has 76 valence electrons. The Labute approximate surface area is 88.9 Å². The van der Waals surface area contributed by atoms with E-state index < -0.39 is 0 Å². The first kappa shape index (κ1) is 9.72. The summed E-state index contributed by atoms with van der Waals surface area (Å²) in [7, 11) is 0. The minimum absolute atomic E-state index is 0.0883. The number of amides is 1. The van der Waals surface area contributed by atoms with Gasteiger partial charge in [0.1, 0.15) is 6.54 Å². The predicted octanol–water partition coefficient (Wildman–Crippen LogP) is 1.53. The Morgan fingerprint density at radius 2 is 2.13 bits per heavy atom. The first-order valence-corrected chi connectivity index (χ1v) is 5.01. The van der Waals surface area contributed by atoms with E-state index in [2.05, 4.69) is 0 Å². The van der Waals surface area contributed by atoms with E-state index in [1.165, 1.54) is 5.56 Å². The average Bonchev–Trinajstić information content (AvgIpc) is 2.63. The molecule has 0 bridgehead atoms. The summed E-state index contributed by atoms with van der Waals surface area (Å²) in [4.78, 5) is 13.1. The zero-order chi connectivity index (χ0) is 10.7. The van der Waals surface area contributed by atoms with Crippen LogP contribution < -0.4 is 0 Å². The van der Waals surface area contributed by atoms with Crippen LogP contribution in [0, 0.1) is 11.3 Å². The Morgan fingerprint density at radius 3 is 2.80 bits per heavy atom. The number of rotatable bonds is 2. The van der Waals surface area contributed by atoms with Crippen molar-refractivity contribution in [2.45, 2.75) is 12.3 Å². The number of benzene rings is 1. The molecule has 0 N–H and O–H groups in total. The van der Waals surface area contributed by atoms with Gasteiger partial charge in [-0.1, -0.05) is 30.3 Å². The van der Waals surface area contributed by atoms with Crippen LogP contribution in [0.2, 0.25) is 0 Å². The number of nitriles is 1. The van der Waals surface area contributed by atoms with Crippen molar-refractivity contribution in [3.8, 4) is 6.07 Å². The van der Waals surface area contributed by atoms with E-state index in [0.29, 0.717) is 13.0 Å². The van der Waals surface area contributed by atoms with Gasteiger partial charge in [0.25, 0.3) is 0 Å². The lowest BCUT2D eigenvalue weighted by Gasteiger charge is -2.12. The second-order valence-corrected chi connectivity index (χ2v) is 3.74. The summed E-state index contributed by atoms with van der Waals surface area (Å²) in [5.74, 6) is 0.345. The highest BCUT2D eigenvalue weighted by Gasteiger charge is 2.29. The van der Waals surface area contributed by atoms with E-state index in [1.54, 1.807) is 4.90 Å². The molecule has 1 saturated heterocycles. The molecule has 0 saturated carbocycles. The van der Waals surface area contributed by atoms with Gasteiger partial charge in [0.2, 0.25) is 5.91 Å². The Balaban J connectivity index is 2.10. The van der Waals surface area contributed by atoms with Gasteiger partial charge in [-0.25, -0.2) is 0 Å². The summed E-state index contributed by atoms with van der Waals surface area (Å²) in [6.45, 7) is 0.887. The Kier molecular flexibility index (Phi) is 2.68. The zero-order valence-electron chi connectivity index (χ0n) is 8.39. The molecule has 0 radical (unpaired) electrons. The van der Waals surface area contributed by atoms with Crippen LogP contribution in [0.1, 0.15) is 17.9 Å². The number of carbonyl (C=O) groups is 1. The maximum absolute atomic E-state index is 11.5. The fourth-order valence-corrected chi connectivity index (χ4v) is 1.96. The lowest BCUT2D eigenvalue weighted by molar-refractivity contribution is -0.127. The molecule has 1 aromatic rings. The van der Waals surface area contributed by atoms with Crippen molar-refractivity contribution in [2.24, 2.45) is 0 Å². The smallest absolute Gasteiger partial charge is 0.224 e. The molecule has 0 unspecified atom stereocenters. The fourth-order valence-electron chi connectivity index (χ4n) is 1.96. The fraction of sp³-hybridized carbons (Fsp3) is 0.333. The molecule has 0 aliphatic carbocycles. The van der Waals surface area contributed by atoms with E-state index >= 15 is 0 Å². The van der Waals surface area contributed by atoms with Gasteiger partial charge < -0.3 is 4.90 Å². The molecule has 1 amide bonds. The molecule has 1 heterocycles. The maximum Gasteiger partial charge on any atom is 0.224 e. The molecule has 2 rings (SSSR count). The molecule has 15 heavy (non-hydrogen) atoms. The summed E-state index contributed by atoms with van der Waals surface area (Å²) in [5, 5.41) is 8.56. The standard InChI is InChI=1S/C12H12N2O/c13-6-7-14-9-11(8-12(14)15)10-4-2-1-3-5-10/h1-5,11H,7-9H2/t11-/m1/s1. The first-order valence-electron chi connectivity index (χ1n) is 5.01. The van der Waals surface area contributed by atoms with E-state index in [9.17, 15) is 4.79 Å². The lowest BCUT2D eigenvalue weighted by atomic mass is 9.99. The van der Waals surface area contributed by atoms with Crippen molar-refractivity contribution in [1.29, 1.82) is 5.26 Å². The molecule has 3 heteroatoms. The highest BCUT2D eigenvalue weighted by Crippen LogP contribution is 2.27. The number of hydrogen-bond donors (Lipinski definition) is 0. The van der Waals surface area contributed by atoms with Crippen LogP contribution >= 0.6 is 0 Å². The van der Waals surface area contributed by atoms with Crippen LogP contribution in [-0.2, 0) is 4.79 Å². The van der Waals surface area contributed by atoms with Gasteiger partial charge in [-0.05, 0) is 5.56 Å². The molecule has 1 fully saturated rings. The second-order valence-electron chi connectivity index (χ2n) is 3.74. The minimum atomic E-state index is 0.0883. The molecule has 1 atom stereocenters. The van der Waals surface area contributed by atoms with E-state index in [4.69, 9.17) is 5.26 Å². The quantitative estimate of drug-likeness (QED) is 0.679. The SMILES string of the molecule is N#CCN1C[C@H](c2ccccc2)CC1=O. The summed E-state index contributed by atoms with van der Waals surface area (Å²) in [6, 6.07) is 12.0. The lowest BCUT2D eigenvalue weighted by Crippen LogP contribution is -2.25. The van der Waals surface area contributed by atoms with Crippen LogP contribution in [0.4, 0.5) is 0 Å². The Hall–Kier alpha value is -1.82. The van der Waals surface area contributed by atoms with Crippen molar-refractivity contribution >= 4 is 5.91 Å². The van der Waals surface area contributed by atoms with Crippen LogP contribution in [0.15, 0.2) is 30.3 Å². The van der Waals surface area contributed by atoms with Crippen LogP contribution in [0.5, 0.6) is 0 Å². The van der Waals surface area contributed by atoms with E-state index in [1.807, 2.05) is 36.4 Å². The van der Waals surface area contributed by atoms with Gasteiger partial charge >= 0.3 is 0 Å². The van der Waals surface area contributed by atoms with E-state index in [-0.39, 0.29) is 18.4 Å². The molecule has 1 aliphatic heterocycles. The monoisotopic (exact) mass is 200 g/mol. The first-order chi connectivity index (χ1) is 7.31. The second kappa shape index (κ2) is 4.14. The predicted molar refractivity (Wildman–Crippen MR) is 56.0 cm³/mol. The minimum Gasteiger partial charge on any atom is -0.329 e. The number of nitrogens with zero attached hydrogens (tertiary/aromatic N) is 2. The van der Waals surface area contributed by atoms with Crippen LogP contribution in [-0.4, -0.2) is 23.9 Å². The van der Waals surface area contributed by atoms with Crippen LogP contribution in [0.3, 0.4) is 0 Å². The van der Waals surface area contributed by atoms with Crippen molar-refractivity contribution in [3.05, 3.63) is 35.9 Å². The summed E-state index contributed by atoms with van der Waals surface area (Å²) < 4.78 is 0. The van der Waals surface area contributed by atoms with Crippen molar-refractivity contribution in [3.63, 3.8) is 0 Å². The summed E-state index contributed by atoms with van der Waals surface area (Å²) in [6.07, 6.45) is 0.533. The highest BCUT2D eigenvalue weighted by molar-refractivity contribution is 5.80. The van der Waals surface area contributed by atoms with Crippen molar-refractivity contribution in [2.75, 3.05) is 13.1 Å². The zero-order valence-corrected chi connectivity index (χ0v) is 8.39. The molecule has 1 aliphatic rings. The highest BCUT2D eigenvalue weighted by atomic mass is 16.2. The third-order valence-electron chi connectivity index (χ3n) is 2.75. The number of carbonyl (C=O) groups excluding carboxylic acids is 1. The maximum atomic E-state index is 11.5.